The Hall–Kier alpha value is -1.39. The Morgan fingerprint density at radius 1 is 1.31 bits per heavy atom. The van der Waals surface area contributed by atoms with Crippen molar-refractivity contribution in [2.45, 2.75) is 6.42 Å². The van der Waals surface area contributed by atoms with Crippen LogP contribution < -0.4 is 10.6 Å². The van der Waals surface area contributed by atoms with E-state index in [1.165, 1.54) is 4.90 Å². The zero-order valence-corrected chi connectivity index (χ0v) is 9.33. The molecule has 1 aliphatic rings. The Morgan fingerprint density at radius 2 is 2.06 bits per heavy atom. The third-order valence-electron chi connectivity index (χ3n) is 2.53. The van der Waals surface area contributed by atoms with E-state index >= 15 is 0 Å². The number of para-hydroxylation sites is 1. The van der Waals surface area contributed by atoms with E-state index in [2.05, 4.69) is 0 Å². The number of rotatable bonds is 3. The van der Waals surface area contributed by atoms with Crippen LogP contribution in [-0.2, 0) is 4.79 Å². The molecule has 84 valence electrons. The van der Waals surface area contributed by atoms with Crippen molar-refractivity contribution >= 4 is 29.0 Å². The van der Waals surface area contributed by atoms with Crippen LogP contribution >= 0.6 is 11.6 Å². The van der Waals surface area contributed by atoms with Gasteiger partial charge in [0.05, 0.1) is 16.3 Å². The lowest BCUT2D eigenvalue weighted by atomic mass is 10.1. The number of carbonyl (C=O) groups excluding carboxylic acids is 2. The highest BCUT2D eigenvalue weighted by Crippen LogP contribution is 2.35. The van der Waals surface area contributed by atoms with Gasteiger partial charge in [-0.25, -0.2) is 0 Å². The molecule has 1 aliphatic heterocycles. The van der Waals surface area contributed by atoms with Crippen LogP contribution in [0.25, 0.3) is 0 Å². The Bertz CT molecular complexity index is 459. The topological polar surface area (TPSA) is 63.4 Å². The van der Waals surface area contributed by atoms with Gasteiger partial charge in [0.25, 0.3) is 11.7 Å². The van der Waals surface area contributed by atoms with Gasteiger partial charge < -0.3 is 10.6 Å². The number of benzene rings is 1. The van der Waals surface area contributed by atoms with Gasteiger partial charge in [0.1, 0.15) is 0 Å². The fourth-order valence-electron chi connectivity index (χ4n) is 1.77. The number of nitrogens with two attached hydrogens (primary N) is 1. The molecular formula is C11H11ClN2O2. The summed E-state index contributed by atoms with van der Waals surface area (Å²) in [5.74, 6) is -1.01. The molecule has 4 nitrogen and oxygen atoms in total. The van der Waals surface area contributed by atoms with Crippen molar-refractivity contribution in [1.29, 1.82) is 0 Å². The predicted molar refractivity (Wildman–Crippen MR) is 61.8 cm³/mol. The Balaban J connectivity index is 2.43. The summed E-state index contributed by atoms with van der Waals surface area (Å²) in [7, 11) is 0. The molecule has 0 bridgehead atoms. The highest BCUT2D eigenvalue weighted by Gasteiger charge is 2.36. The lowest BCUT2D eigenvalue weighted by molar-refractivity contribution is -0.114. The molecule has 0 radical (unpaired) electrons. The first-order valence-electron chi connectivity index (χ1n) is 5.01. The predicted octanol–water partition coefficient (Wildman–Crippen LogP) is 1.22. The summed E-state index contributed by atoms with van der Waals surface area (Å²) < 4.78 is 0. The van der Waals surface area contributed by atoms with Crippen molar-refractivity contribution in [3.05, 3.63) is 28.8 Å². The molecule has 0 fully saturated rings. The first kappa shape index (κ1) is 11.1. The molecule has 1 amide bonds. The number of anilines is 1. The zero-order chi connectivity index (χ0) is 11.7. The first-order chi connectivity index (χ1) is 7.66. The summed E-state index contributed by atoms with van der Waals surface area (Å²) in [4.78, 5) is 24.7. The second kappa shape index (κ2) is 4.23. The summed E-state index contributed by atoms with van der Waals surface area (Å²) in [5.41, 5.74) is 6.29. The van der Waals surface area contributed by atoms with Gasteiger partial charge in [-0.05, 0) is 25.1 Å². The summed E-state index contributed by atoms with van der Waals surface area (Å²) in [6, 6.07) is 4.95. The van der Waals surface area contributed by atoms with Gasteiger partial charge in [-0.1, -0.05) is 17.7 Å². The minimum atomic E-state index is -0.517. The largest absolute Gasteiger partial charge is 0.330 e. The van der Waals surface area contributed by atoms with Gasteiger partial charge in [-0.15, -0.1) is 0 Å². The van der Waals surface area contributed by atoms with E-state index in [1.807, 2.05) is 0 Å². The minimum Gasteiger partial charge on any atom is -0.330 e. The van der Waals surface area contributed by atoms with Crippen LogP contribution in [0.3, 0.4) is 0 Å². The van der Waals surface area contributed by atoms with Gasteiger partial charge in [-0.3, -0.25) is 9.59 Å². The number of halogens is 1. The molecule has 1 heterocycles. The zero-order valence-electron chi connectivity index (χ0n) is 8.57. The molecule has 0 spiro atoms. The fourth-order valence-corrected chi connectivity index (χ4v) is 2.05. The van der Waals surface area contributed by atoms with Crippen LogP contribution in [0.1, 0.15) is 16.8 Å². The average molecular weight is 239 g/mol. The molecule has 2 N–H and O–H groups in total. The number of fused-ring (bicyclic) bond motifs is 1. The van der Waals surface area contributed by atoms with Crippen molar-refractivity contribution in [3.8, 4) is 0 Å². The maximum Gasteiger partial charge on any atom is 0.299 e. The molecule has 0 saturated heterocycles. The summed E-state index contributed by atoms with van der Waals surface area (Å²) in [6.07, 6.45) is 0.643. The van der Waals surface area contributed by atoms with Crippen molar-refractivity contribution in [2.75, 3.05) is 18.0 Å². The van der Waals surface area contributed by atoms with Crippen LogP contribution in [0.4, 0.5) is 5.69 Å². The van der Waals surface area contributed by atoms with Crippen LogP contribution in [0.15, 0.2) is 18.2 Å². The van der Waals surface area contributed by atoms with Crippen LogP contribution in [-0.4, -0.2) is 24.8 Å². The minimum absolute atomic E-state index is 0.384. The van der Waals surface area contributed by atoms with Crippen molar-refractivity contribution < 1.29 is 9.59 Å². The molecule has 2 rings (SSSR count). The maximum atomic E-state index is 11.7. The van der Waals surface area contributed by atoms with Gasteiger partial charge in [-0.2, -0.15) is 0 Å². The van der Waals surface area contributed by atoms with E-state index in [4.69, 9.17) is 17.3 Å². The van der Waals surface area contributed by atoms with E-state index in [0.717, 1.165) is 0 Å². The van der Waals surface area contributed by atoms with E-state index in [0.29, 0.717) is 35.8 Å². The lowest BCUT2D eigenvalue weighted by Gasteiger charge is -2.16. The van der Waals surface area contributed by atoms with Gasteiger partial charge in [0.2, 0.25) is 0 Å². The molecule has 0 saturated carbocycles. The Labute approximate surface area is 98.0 Å². The van der Waals surface area contributed by atoms with Crippen LogP contribution in [0.5, 0.6) is 0 Å². The number of ketones is 1. The molecule has 0 atom stereocenters. The number of nitrogens with zero attached hydrogens (tertiary/aromatic N) is 1. The van der Waals surface area contributed by atoms with Crippen LogP contribution in [0.2, 0.25) is 5.02 Å². The first-order valence-corrected chi connectivity index (χ1v) is 5.39. The Morgan fingerprint density at radius 3 is 2.75 bits per heavy atom. The fraction of sp³-hybridized carbons (Fsp3) is 0.273. The van der Waals surface area contributed by atoms with Crippen molar-refractivity contribution in [1.82, 2.24) is 0 Å². The van der Waals surface area contributed by atoms with E-state index in [1.54, 1.807) is 18.2 Å². The molecule has 0 unspecified atom stereocenters. The number of amides is 1. The monoisotopic (exact) mass is 238 g/mol. The second-order valence-corrected chi connectivity index (χ2v) is 3.97. The molecule has 0 aliphatic carbocycles. The smallest absolute Gasteiger partial charge is 0.299 e. The Kier molecular flexibility index (Phi) is 2.94. The molecule has 16 heavy (non-hydrogen) atoms. The quantitative estimate of drug-likeness (QED) is 0.806. The average Bonchev–Trinajstić information content (AvgIpc) is 2.52. The molecule has 5 heteroatoms. The lowest BCUT2D eigenvalue weighted by Crippen LogP contribution is -2.31. The second-order valence-electron chi connectivity index (χ2n) is 3.56. The van der Waals surface area contributed by atoms with Crippen molar-refractivity contribution in [2.24, 2.45) is 5.73 Å². The molecule has 1 aromatic carbocycles. The normalized spacial score (nSPS) is 14.5. The molecule has 1 aromatic rings. The standard InChI is InChI=1S/C11H11ClN2O2/c12-8-4-1-3-7-9(8)14(6-2-5-13)11(16)10(7)15/h1,3-4H,2,5-6,13H2. The summed E-state index contributed by atoms with van der Waals surface area (Å²) >= 11 is 6.00. The van der Waals surface area contributed by atoms with Crippen molar-refractivity contribution in [3.63, 3.8) is 0 Å². The molecule has 0 aromatic heterocycles. The van der Waals surface area contributed by atoms with Crippen LogP contribution in [0, 0.1) is 0 Å². The highest BCUT2D eigenvalue weighted by atomic mass is 35.5. The SMILES string of the molecule is NCCCN1C(=O)C(=O)c2cccc(Cl)c21. The number of Topliss-reactive ketones (excluding diaryl/α,β-unsaturated/α-hetero) is 1. The third-order valence-corrected chi connectivity index (χ3v) is 2.83. The maximum absolute atomic E-state index is 11.7. The number of carbonyl (C=O) groups is 2. The van der Waals surface area contributed by atoms with E-state index in [9.17, 15) is 9.59 Å². The van der Waals surface area contributed by atoms with E-state index in [-0.39, 0.29) is 0 Å². The van der Waals surface area contributed by atoms with E-state index < -0.39 is 11.7 Å². The van der Waals surface area contributed by atoms with Gasteiger partial charge in [0, 0.05) is 6.54 Å². The summed E-state index contributed by atoms with van der Waals surface area (Å²) in [5, 5.41) is 0.425. The highest BCUT2D eigenvalue weighted by molar-refractivity contribution is 6.54. The van der Waals surface area contributed by atoms with Gasteiger partial charge in [0.15, 0.2) is 0 Å². The molecular weight excluding hydrogens is 228 g/mol. The third kappa shape index (κ3) is 1.60. The number of hydrogen-bond acceptors (Lipinski definition) is 3. The summed E-state index contributed by atoms with van der Waals surface area (Å²) in [6.45, 7) is 0.898. The number of hydrogen-bond donors (Lipinski definition) is 1. The van der Waals surface area contributed by atoms with Gasteiger partial charge >= 0.3 is 0 Å².